The van der Waals surface area contributed by atoms with Crippen LogP contribution in [0.2, 0.25) is 0 Å². The van der Waals surface area contributed by atoms with Crippen LogP contribution < -0.4 is 10.9 Å². The van der Waals surface area contributed by atoms with E-state index in [1.54, 1.807) is 0 Å². The number of hydrogen-bond donors (Lipinski definition) is 2. The van der Waals surface area contributed by atoms with Gasteiger partial charge in [0.15, 0.2) is 0 Å². The number of alkyl halides is 3. The summed E-state index contributed by atoms with van der Waals surface area (Å²) in [5.74, 6) is 1.06. The van der Waals surface area contributed by atoms with Crippen LogP contribution in [0.4, 0.5) is 18.9 Å². The van der Waals surface area contributed by atoms with Crippen molar-refractivity contribution in [2.24, 2.45) is 17.8 Å². The van der Waals surface area contributed by atoms with Crippen LogP contribution in [-0.4, -0.2) is 10.9 Å². The molecule has 7 heteroatoms. The Morgan fingerprint density at radius 1 is 1.27 bits per heavy atom. The highest BCUT2D eigenvalue weighted by Gasteiger charge is 2.42. The van der Waals surface area contributed by atoms with Gasteiger partial charge in [0.1, 0.15) is 5.69 Å². The van der Waals surface area contributed by atoms with Gasteiger partial charge in [0.05, 0.1) is 5.56 Å². The van der Waals surface area contributed by atoms with Crippen molar-refractivity contribution in [3.63, 3.8) is 0 Å². The second-order valence-corrected chi connectivity index (χ2v) is 6.22. The molecule has 2 N–H and O–H groups in total. The van der Waals surface area contributed by atoms with Crippen molar-refractivity contribution in [3.8, 4) is 0 Å². The van der Waals surface area contributed by atoms with Crippen LogP contribution in [0.1, 0.15) is 37.7 Å². The van der Waals surface area contributed by atoms with E-state index in [1.165, 1.54) is 0 Å². The predicted molar refractivity (Wildman–Crippen MR) is 74.2 cm³/mol. The monoisotopic (exact) mass is 314 g/mol. The molecule has 0 saturated heterocycles. The second kappa shape index (κ2) is 5.44. The van der Waals surface area contributed by atoms with Gasteiger partial charge < -0.3 is 10.3 Å². The molecule has 2 aliphatic rings. The Bertz CT molecular complexity index is 618. The number of amides is 1. The van der Waals surface area contributed by atoms with E-state index < -0.39 is 17.3 Å². The summed E-state index contributed by atoms with van der Waals surface area (Å²) >= 11 is 0. The lowest BCUT2D eigenvalue weighted by Crippen LogP contribution is -2.24. The lowest BCUT2D eigenvalue weighted by Gasteiger charge is -2.15. The molecule has 0 bridgehead atoms. The number of aromatic amines is 1. The normalized spacial score (nSPS) is 18.5. The van der Waals surface area contributed by atoms with Crippen molar-refractivity contribution in [3.05, 3.63) is 28.2 Å². The van der Waals surface area contributed by atoms with Crippen molar-refractivity contribution in [1.29, 1.82) is 0 Å². The third-order valence-corrected chi connectivity index (χ3v) is 4.38. The molecule has 2 saturated carbocycles. The van der Waals surface area contributed by atoms with Crippen molar-refractivity contribution < 1.29 is 18.0 Å². The topological polar surface area (TPSA) is 62.0 Å². The number of carbonyl (C=O) groups is 1. The Morgan fingerprint density at radius 3 is 2.36 bits per heavy atom. The van der Waals surface area contributed by atoms with E-state index in [0.29, 0.717) is 30.0 Å². The Kier molecular flexibility index (Phi) is 3.74. The van der Waals surface area contributed by atoms with Crippen LogP contribution in [0.25, 0.3) is 0 Å². The minimum absolute atomic E-state index is 0.283. The number of anilines is 1. The van der Waals surface area contributed by atoms with Crippen LogP contribution >= 0.6 is 0 Å². The number of pyridine rings is 1. The number of carbonyl (C=O) groups excluding carboxylic acids is 1. The molecular weight excluding hydrogens is 297 g/mol. The molecule has 2 aliphatic carbocycles. The smallest absolute Gasteiger partial charge is 0.327 e. The van der Waals surface area contributed by atoms with Crippen molar-refractivity contribution in [2.75, 3.05) is 5.32 Å². The third kappa shape index (κ3) is 3.51. The summed E-state index contributed by atoms with van der Waals surface area (Å²) < 4.78 is 37.9. The maximum Gasteiger partial charge on any atom is 0.417 e. The lowest BCUT2D eigenvalue weighted by molar-refractivity contribution is -0.137. The summed E-state index contributed by atoms with van der Waals surface area (Å²) in [4.78, 5) is 25.6. The molecule has 1 aromatic rings. The fraction of sp³-hybridized carbons (Fsp3) is 0.600. The summed E-state index contributed by atoms with van der Waals surface area (Å²) in [6.07, 6.45) is 0.822. The number of H-pyrrole nitrogens is 1. The van der Waals surface area contributed by atoms with Crippen molar-refractivity contribution in [1.82, 2.24) is 4.98 Å². The molecule has 0 unspecified atom stereocenters. The second-order valence-electron chi connectivity index (χ2n) is 6.22. The molecule has 4 nitrogen and oxygen atoms in total. The SMILES string of the molecule is O=C(CC(C1CC1)C1CC1)Nc1cc(C(F)(F)F)c[nH]c1=O. The van der Waals surface area contributed by atoms with E-state index in [4.69, 9.17) is 0 Å². The standard InChI is InChI=1S/C15H17F3N2O2/c16-15(17,18)10-5-12(14(22)19-7-10)20-13(21)6-11(8-1-2-8)9-3-4-9/h5,7-9,11H,1-4,6H2,(H,19,22)(H,20,21). The highest BCUT2D eigenvalue weighted by atomic mass is 19.4. The van der Waals surface area contributed by atoms with Gasteiger partial charge in [-0.3, -0.25) is 9.59 Å². The van der Waals surface area contributed by atoms with Gasteiger partial charge in [0.25, 0.3) is 5.56 Å². The van der Waals surface area contributed by atoms with Gasteiger partial charge in [-0.1, -0.05) is 0 Å². The predicted octanol–water partition coefficient (Wildman–Crippen LogP) is 3.16. The number of halogens is 3. The van der Waals surface area contributed by atoms with Crippen LogP contribution in [0.5, 0.6) is 0 Å². The molecular formula is C15H17F3N2O2. The molecule has 120 valence electrons. The fourth-order valence-corrected chi connectivity index (χ4v) is 2.92. The maximum absolute atomic E-state index is 12.6. The minimum Gasteiger partial charge on any atom is -0.327 e. The van der Waals surface area contributed by atoms with Crippen LogP contribution in [-0.2, 0) is 11.0 Å². The Morgan fingerprint density at radius 2 is 1.86 bits per heavy atom. The molecule has 1 amide bonds. The van der Waals surface area contributed by atoms with E-state index >= 15 is 0 Å². The third-order valence-electron chi connectivity index (χ3n) is 4.38. The number of hydrogen-bond acceptors (Lipinski definition) is 2. The van der Waals surface area contributed by atoms with Gasteiger partial charge in [0.2, 0.25) is 5.91 Å². The summed E-state index contributed by atoms with van der Waals surface area (Å²) in [5, 5.41) is 2.34. The van der Waals surface area contributed by atoms with E-state index in [-0.39, 0.29) is 18.0 Å². The average molecular weight is 314 g/mol. The Labute approximate surface area is 125 Å². The van der Waals surface area contributed by atoms with E-state index in [9.17, 15) is 22.8 Å². The Balaban J connectivity index is 1.69. The number of nitrogens with one attached hydrogen (secondary N) is 2. The maximum atomic E-state index is 12.6. The van der Waals surface area contributed by atoms with Crippen molar-refractivity contribution >= 4 is 11.6 Å². The van der Waals surface area contributed by atoms with E-state index in [1.807, 2.05) is 4.98 Å². The van der Waals surface area contributed by atoms with Gasteiger partial charge in [0, 0.05) is 12.6 Å². The summed E-state index contributed by atoms with van der Waals surface area (Å²) in [6, 6.07) is 0.681. The molecule has 0 aliphatic heterocycles. The molecule has 22 heavy (non-hydrogen) atoms. The van der Waals surface area contributed by atoms with Crippen LogP contribution in [0, 0.1) is 17.8 Å². The zero-order valence-corrected chi connectivity index (χ0v) is 11.9. The largest absolute Gasteiger partial charge is 0.417 e. The molecule has 0 aromatic carbocycles. The first-order valence-corrected chi connectivity index (χ1v) is 7.44. The van der Waals surface area contributed by atoms with Crippen molar-refractivity contribution in [2.45, 2.75) is 38.3 Å². The molecule has 1 heterocycles. The highest BCUT2D eigenvalue weighted by molar-refractivity contribution is 5.90. The Hall–Kier alpha value is -1.79. The molecule has 0 atom stereocenters. The summed E-state index contributed by atoms with van der Waals surface area (Å²) in [5.41, 5.74) is -2.05. The average Bonchev–Trinajstić information content (AvgIpc) is 3.30. The highest BCUT2D eigenvalue weighted by Crippen LogP contribution is 2.50. The van der Waals surface area contributed by atoms with Crippen LogP contribution in [0.15, 0.2) is 17.1 Å². The lowest BCUT2D eigenvalue weighted by atomic mass is 9.94. The minimum atomic E-state index is -4.56. The van der Waals surface area contributed by atoms with E-state index in [2.05, 4.69) is 5.32 Å². The molecule has 0 radical (unpaired) electrons. The first kappa shape index (κ1) is 15.1. The van der Waals surface area contributed by atoms with Gasteiger partial charge in [-0.2, -0.15) is 13.2 Å². The van der Waals surface area contributed by atoms with Gasteiger partial charge in [-0.15, -0.1) is 0 Å². The summed E-state index contributed by atoms with van der Waals surface area (Å²) in [7, 11) is 0. The molecule has 3 rings (SSSR count). The van der Waals surface area contributed by atoms with E-state index in [0.717, 1.165) is 25.7 Å². The van der Waals surface area contributed by atoms with Crippen LogP contribution in [0.3, 0.4) is 0 Å². The zero-order valence-electron chi connectivity index (χ0n) is 11.9. The fourth-order valence-electron chi connectivity index (χ4n) is 2.92. The van der Waals surface area contributed by atoms with Gasteiger partial charge >= 0.3 is 6.18 Å². The van der Waals surface area contributed by atoms with Gasteiger partial charge in [-0.05, 0) is 49.5 Å². The van der Waals surface area contributed by atoms with Gasteiger partial charge in [-0.25, -0.2) is 0 Å². The number of rotatable bonds is 5. The quantitative estimate of drug-likeness (QED) is 0.877. The zero-order chi connectivity index (χ0) is 15.9. The molecule has 0 spiro atoms. The first-order valence-electron chi connectivity index (χ1n) is 7.44. The molecule has 2 fully saturated rings. The first-order chi connectivity index (χ1) is 10.3. The summed E-state index contributed by atoms with van der Waals surface area (Å²) in [6.45, 7) is 0. The number of aromatic nitrogens is 1. The molecule has 1 aromatic heterocycles.